The Kier molecular flexibility index (Phi) is 6.51. The average Bonchev–Trinajstić information content (AvgIpc) is 3.57. The zero-order valence-corrected chi connectivity index (χ0v) is 22.0. The first-order valence-electron chi connectivity index (χ1n) is 13.1. The highest BCUT2D eigenvalue weighted by molar-refractivity contribution is 5.89. The Balaban J connectivity index is 1.47. The van der Waals surface area contributed by atoms with E-state index in [0.717, 1.165) is 34.3 Å². The first-order chi connectivity index (χ1) is 19.5. The molecule has 40 heavy (non-hydrogen) atoms. The standard InChI is InChI=1S/C33H27N5O2/c1-2-25-17-28(31(40)18-30(25)39)32-33(38(36-35-32)21-24-10-8-22(19-34)9-11-24)27-12-13-29-26(16-27)14-15-37(29)20-23-6-4-3-5-7-23/h3-18,39-40H,2,20-21H2,1H3. The molecule has 0 aliphatic rings. The van der Waals surface area contributed by atoms with Gasteiger partial charge in [-0.05, 0) is 59.5 Å². The summed E-state index contributed by atoms with van der Waals surface area (Å²) in [7, 11) is 0. The molecule has 2 aromatic heterocycles. The van der Waals surface area contributed by atoms with Crippen molar-refractivity contribution in [2.24, 2.45) is 0 Å². The first kappa shape index (κ1) is 25.0. The van der Waals surface area contributed by atoms with Crippen LogP contribution in [-0.4, -0.2) is 29.8 Å². The summed E-state index contributed by atoms with van der Waals surface area (Å²) < 4.78 is 4.04. The molecular formula is C33H27N5O2. The molecule has 4 aromatic carbocycles. The minimum atomic E-state index is -0.0588. The number of aromatic hydroxyl groups is 2. The summed E-state index contributed by atoms with van der Waals surface area (Å²) in [5.41, 5.74) is 7.32. The fourth-order valence-corrected chi connectivity index (χ4v) is 5.11. The van der Waals surface area contributed by atoms with Gasteiger partial charge in [-0.3, -0.25) is 0 Å². The maximum atomic E-state index is 10.8. The van der Waals surface area contributed by atoms with Crippen LogP contribution in [0.3, 0.4) is 0 Å². The Labute approximate surface area is 231 Å². The van der Waals surface area contributed by atoms with Crippen LogP contribution in [0.5, 0.6) is 11.5 Å². The molecule has 2 heterocycles. The molecule has 7 heteroatoms. The van der Waals surface area contributed by atoms with E-state index in [1.165, 1.54) is 11.6 Å². The number of benzene rings is 4. The van der Waals surface area contributed by atoms with Gasteiger partial charge in [0.25, 0.3) is 0 Å². The van der Waals surface area contributed by atoms with Gasteiger partial charge in [0.05, 0.1) is 23.9 Å². The molecule has 6 rings (SSSR count). The van der Waals surface area contributed by atoms with Crippen LogP contribution in [-0.2, 0) is 19.5 Å². The van der Waals surface area contributed by atoms with Crippen LogP contribution in [0.1, 0.15) is 29.2 Å². The Morgan fingerprint density at radius 3 is 2.35 bits per heavy atom. The Morgan fingerprint density at radius 2 is 1.60 bits per heavy atom. The molecule has 0 saturated carbocycles. The van der Waals surface area contributed by atoms with Gasteiger partial charge in [0.1, 0.15) is 17.2 Å². The lowest BCUT2D eigenvalue weighted by Crippen LogP contribution is -2.04. The summed E-state index contributed by atoms with van der Waals surface area (Å²) in [4.78, 5) is 0. The summed E-state index contributed by atoms with van der Waals surface area (Å²) in [5.74, 6) is -0.00656. The predicted octanol–water partition coefficient (Wildman–Crippen LogP) is 6.51. The third-order valence-electron chi connectivity index (χ3n) is 7.22. The number of aromatic nitrogens is 4. The van der Waals surface area contributed by atoms with Gasteiger partial charge in [-0.15, -0.1) is 5.10 Å². The minimum Gasteiger partial charge on any atom is -0.508 e. The van der Waals surface area contributed by atoms with Gasteiger partial charge in [0, 0.05) is 40.8 Å². The number of hydrogen-bond acceptors (Lipinski definition) is 5. The van der Waals surface area contributed by atoms with Gasteiger partial charge >= 0.3 is 0 Å². The third-order valence-corrected chi connectivity index (χ3v) is 7.22. The van der Waals surface area contributed by atoms with Crippen LogP contribution in [0.4, 0.5) is 0 Å². The molecule has 0 fully saturated rings. The van der Waals surface area contributed by atoms with E-state index in [4.69, 9.17) is 0 Å². The lowest BCUT2D eigenvalue weighted by Gasteiger charge is -2.12. The van der Waals surface area contributed by atoms with Crippen LogP contribution in [0, 0.1) is 11.3 Å². The lowest BCUT2D eigenvalue weighted by molar-refractivity contribution is 0.447. The van der Waals surface area contributed by atoms with Gasteiger partial charge in [0.15, 0.2) is 0 Å². The second-order valence-corrected chi connectivity index (χ2v) is 9.81. The average molecular weight is 526 g/mol. The van der Waals surface area contributed by atoms with E-state index < -0.39 is 0 Å². The highest BCUT2D eigenvalue weighted by Gasteiger charge is 2.22. The molecule has 0 spiro atoms. The summed E-state index contributed by atoms with van der Waals surface area (Å²) in [5, 5.41) is 40.4. The van der Waals surface area contributed by atoms with Crippen LogP contribution in [0.15, 0.2) is 97.2 Å². The van der Waals surface area contributed by atoms with Crippen molar-refractivity contribution in [3.8, 4) is 40.1 Å². The highest BCUT2D eigenvalue weighted by atomic mass is 16.3. The second kappa shape index (κ2) is 10.4. The van der Waals surface area contributed by atoms with E-state index in [0.29, 0.717) is 35.3 Å². The van der Waals surface area contributed by atoms with Crippen molar-refractivity contribution in [1.29, 1.82) is 5.26 Å². The van der Waals surface area contributed by atoms with Gasteiger partial charge in [-0.25, -0.2) is 4.68 Å². The van der Waals surface area contributed by atoms with Crippen LogP contribution in [0.2, 0.25) is 0 Å². The number of hydrogen-bond donors (Lipinski definition) is 2. The van der Waals surface area contributed by atoms with Crippen molar-refractivity contribution >= 4 is 10.9 Å². The number of phenolic OH excluding ortho intramolecular Hbond substituents is 2. The summed E-state index contributed by atoms with van der Waals surface area (Å²) in [6.07, 6.45) is 2.70. The van der Waals surface area contributed by atoms with E-state index in [2.05, 4.69) is 63.5 Å². The number of aryl methyl sites for hydroxylation is 1. The Hall–Kier alpha value is -5.35. The second-order valence-electron chi connectivity index (χ2n) is 9.81. The number of nitriles is 1. The molecule has 0 aliphatic carbocycles. The molecule has 0 bridgehead atoms. The normalized spacial score (nSPS) is 11.1. The third kappa shape index (κ3) is 4.67. The monoisotopic (exact) mass is 525 g/mol. The van der Waals surface area contributed by atoms with Crippen molar-refractivity contribution in [3.05, 3.63) is 119 Å². The highest BCUT2D eigenvalue weighted by Crippen LogP contribution is 2.39. The molecule has 196 valence electrons. The molecule has 0 unspecified atom stereocenters. The minimum absolute atomic E-state index is 0.0523. The summed E-state index contributed by atoms with van der Waals surface area (Å²) >= 11 is 0. The molecule has 2 N–H and O–H groups in total. The SMILES string of the molecule is CCc1cc(-c2nnn(Cc3ccc(C#N)cc3)c2-c2ccc3c(ccn3Cc3ccccc3)c2)c(O)cc1O. The molecule has 0 atom stereocenters. The van der Waals surface area contributed by atoms with E-state index in [9.17, 15) is 15.5 Å². The smallest absolute Gasteiger partial charge is 0.128 e. The molecule has 6 aromatic rings. The lowest BCUT2D eigenvalue weighted by atomic mass is 9.99. The van der Waals surface area contributed by atoms with Gasteiger partial charge in [0.2, 0.25) is 0 Å². The zero-order valence-electron chi connectivity index (χ0n) is 22.0. The number of fused-ring (bicyclic) bond motifs is 1. The van der Waals surface area contributed by atoms with Crippen molar-refractivity contribution < 1.29 is 10.2 Å². The van der Waals surface area contributed by atoms with Gasteiger partial charge < -0.3 is 14.8 Å². The zero-order chi connectivity index (χ0) is 27.6. The summed E-state index contributed by atoms with van der Waals surface area (Å²) in [6, 6.07) is 31.4. The van der Waals surface area contributed by atoms with E-state index in [1.807, 2.05) is 41.9 Å². The molecule has 0 saturated heterocycles. The molecule has 0 aliphatic heterocycles. The van der Waals surface area contributed by atoms with Crippen molar-refractivity contribution in [2.45, 2.75) is 26.4 Å². The maximum absolute atomic E-state index is 10.8. The Bertz CT molecular complexity index is 1860. The van der Waals surface area contributed by atoms with Crippen molar-refractivity contribution in [3.63, 3.8) is 0 Å². The molecule has 0 radical (unpaired) electrons. The van der Waals surface area contributed by atoms with E-state index in [-0.39, 0.29) is 11.5 Å². The molecule has 0 amide bonds. The molecule has 7 nitrogen and oxygen atoms in total. The van der Waals surface area contributed by atoms with Gasteiger partial charge in [-0.1, -0.05) is 60.7 Å². The van der Waals surface area contributed by atoms with Crippen molar-refractivity contribution in [2.75, 3.05) is 0 Å². The van der Waals surface area contributed by atoms with E-state index in [1.54, 1.807) is 18.2 Å². The predicted molar refractivity (Wildman–Crippen MR) is 155 cm³/mol. The fraction of sp³-hybridized carbons (Fsp3) is 0.121. The summed E-state index contributed by atoms with van der Waals surface area (Å²) in [6.45, 7) is 3.15. The van der Waals surface area contributed by atoms with Crippen LogP contribution >= 0.6 is 0 Å². The van der Waals surface area contributed by atoms with Crippen molar-refractivity contribution in [1.82, 2.24) is 19.6 Å². The number of rotatable bonds is 7. The van der Waals surface area contributed by atoms with Crippen LogP contribution < -0.4 is 0 Å². The first-order valence-corrected chi connectivity index (χ1v) is 13.1. The molecular weight excluding hydrogens is 498 g/mol. The van der Waals surface area contributed by atoms with E-state index >= 15 is 0 Å². The quantitative estimate of drug-likeness (QED) is 0.248. The fourth-order valence-electron chi connectivity index (χ4n) is 5.11. The van der Waals surface area contributed by atoms with Crippen LogP contribution in [0.25, 0.3) is 33.4 Å². The topological polar surface area (TPSA) is 99.9 Å². The number of phenols is 2. The largest absolute Gasteiger partial charge is 0.508 e. The maximum Gasteiger partial charge on any atom is 0.128 e. The number of nitrogens with zero attached hydrogens (tertiary/aromatic N) is 5. The Morgan fingerprint density at radius 1 is 0.825 bits per heavy atom. The van der Waals surface area contributed by atoms with Gasteiger partial charge in [-0.2, -0.15) is 5.26 Å².